The van der Waals surface area contributed by atoms with Crippen molar-refractivity contribution in [2.24, 2.45) is 0 Å². The van der Waals surface area contributed by atoms with Crippen LogP contribution in [-0.4, -0.2) is 0 Å². The first kappa shape index (κ1) is 15.0. The second-order valence-corrected chi connectivity index (χ2v) is 9.57. The maximum absolute atomic E-state index is 3.76. The molecule has 2 rings (SSSR count). The lowest BCUT2D eigenvalue weighted by molar-refractivity contribution is 1.20. The molecular weight excluding hydrogens is 611 g/mol. The normalized spacial score (nSPS) is 12.8. The first-order chi connectivity index (χ1) is 7.99. The summed E-state index contributed by atoms with van der Waals surface area (Å²) >= 11 is 18.5. The smallest absolute Gasteiger partial charge is 0.0843 e. The summed E-state index contributed by atoms with van der Waals surface area (Å²) in [5.74, 6) is 0. The Labute approximate surface area is 151 Å². The Kier molecular flexibility index (Phi) is 5.59. The Hall–Kier alpha value is 1.57. The van der Waals surface area contributed by atoms with Crippen LogP contribution < -0.4 is 0 Å². The van der Waals surface area contributed by atoms with Gasteiger partial charge in [0.15, 0.2) is 0 Å². The summed E-state index contributed by atoms with van der Waals surface area (Å²) in [6.45, 7) is 0. The van der Waals surface area contributed by atoms with E-state index in [-0.39, 0.29) is 4.83 Å². The Morgan fingerprint density at radius 3 is 2.35 bits per heavy atom. The summed E-state index contributed by atoms with van der Waals surface area (Å²) < 4.78 is 4.59. The van der Waals surface area contributed by atoms with Crippen LogP contribution in [0.1, 0.15) is 15.3 Å². The predicted molar refractivity (Wildman–Crippen MR) is 97.3 cm³/mol. The summed E-state index contributed by atoms with van der Waals surface area (Å²) in [5.41, 5.74) is 1.25. The Morgan fingerprint density at radius 2 is 1.76 bits per heavy atom. The van der Waals surface area contributed by atoms with E-state index in [1.807, 2.05) is 0 Å². The third kappa shape index (κ3) is 3.56. The van der Waals surface area contributed by atoms with Gasteiger partial charge in [0, 0.05) is 17.4 Å². The van der Waals surface area contributed by atoms with E-state index < -0.39 is 0 Å². The number of hydrogen-bond acceptors (Lipinski definition) is 1. The Balaban J connectivity index is 2.42. The largest absolute Gasteiger partial charge is 0.131 e. The van der Waals surface area contributed by atoms with Crippen molar-refractivity contribution in [2.45, 2.75) is 4.83 Å². The molecule has 0 aliphatic rings. The molecule has 1 unspecified atom stereocenters. The monoisotopic (exact) mass is 612 g/mol. The van der Waals surface area contributed by atoms with Gasteiger partial charge in [0.25, 0.3) is 0 Å². The average Bonchev–Trinajstić information content (AvgIpc) is 2.62. The van der Waals surface area contributed by atoms with Gasteiger partial charge < -0.3 is 0 Å². The van der Waals surface area contributed by atoms with Gasteiger partial charge in [0.1, 0.15) is 0 Å². The molecule has 0 amide bonds. The molecule has 0 saturated carbocycles. The Morgan fingerprint density at radius 1 is 1.06 bits per heavy atom. The minimum absolute atomic E-state index is 0.208. The van der Waals surface area contributed by atoms with Crippen LogP contribution in [0.5, 0.6) is 0 Å². The molecule has 1 aromatic heterocycles. The average molecular weight is 616 g/mol. The van der Waals surface area contributed by atoms with E-state index in [0.29, 0.717) is 0 Å². The van der Waals surface area contributed by atoms with Crippen LogP contribution in [0.4, 0.5) is 0 Å². The van der Waals surface area contributed by atoms with Crippen molar-refractivity contribution in [1.82, 2.24) is 0 Å². The molecule has 0 fully saturated rings. The highest BCUT2D eigenvalue weighted by Crippen LogP contribution is 2.43. The number of benzene rings is 1. The molecule has 17 heavy (non-hydrogen) atoms. The third-order valence-corrected chi connectivity index (χ3v) is 8.15. The summed E-state index contributed by atoms with van der Waals surface area (Å²) in [4.78, 5) is 1.48. The molecule has 0 bridgehead atoms. The van der Waals surface area contributed by atoms with Crippen molar-refractivity contribution < 1.29 is 0 Å². The Bertz CT molecular complexity index is 533. The van der Waals surface area contributed by atoms with Gasteiger partial charge in [-0.3, -0.25) is 0 Å². The summed E-state index contributed by atoms with van der Waals surface area (Å²) in [7, 11) is 0. The molecule has 1 heterocycles. The molecule has 0 aliphatic carbocycles. The summed E-state index contributed by atoms with van der Waals surface area (Å²) in [6, 6.07) is 8.50. The SMILES string of the molecule is Brc1ccc(I)cc1C(Br)c1cc(Br)c(Br)s1. The minimum atomic E-state index is 0.208. The summed E-state index contributed by atoms with van der Waals surface area (Å²) in [6.07, 6.45) is 0. The second-order valence-electron chi connectivity index (χ2n) is 3.30. The lowest BCUT2D eigenvalue weighted by Crippen LogP contribution is -1.92. The van der Waals surface area contributed by atoms with Gasteiger partial charge in [-0.1, -0.05) is 31.9 Å². The van der Waals surface area contributed by atoms with Gasteiger partial charge in [-0.25, -0.2) is 0 Å². The number of alkyl halides is 1. The van der Waals surface area contributed by atoms with E-state index in [1.54, 1.807) is 11.3 Å². The third-order valence-electron chi connectivity index (χ3n) is 2.15. The molecule has 0 saturated heterocycles. The van der Waals surface area contributed by atoms with Gasteiger partial charge in [-0.05, 0) is 84.3 Å². The van der Waals surface area contributed by atoms with Gasteiger partial charge in [-0.15, -0.1) is 11.3 Å². The maximum Gasteiger partial charge on any atom is 0.0843 e. The number of rotatable bonds is 2. The highest BCUT2D eigenvalue weighted by atomic mass is 127. The lowest BCUT2D eigenvalue weighted by Gasteiger charge is -2.10. The van der Waals surface area contributed by atoms with Gasteiger partial charge in [0.2, 0.25) is 0 Å². The van der Waals surface area contributed by atoms with Crippen molar-refractivity contribution in [3.63, 3.8) is 0 Å². The second kappa shape index (κ2) is 6.35. The first-order valence-electron chi connectivity index (χ1n) is 4.53. The van der Waals surface area contributed by atoms with Gasteiger partial charge >= 0.3 is 0 Å². The minimum Gasteiger partial charge on any atom is -0.131 e. The van der Waals surface area contributed by atoms with Crippen LogP contribution in [0.25, 0.3) is 0 Å². The fraction of sp³-hybridized carbons (Fsp3) is 0.0909. The molecule has 0 radical (unpaired) electrons. The standard InChI is InChI=1S/C11H5Br4IS/c12-7-2-1-5(16)3-6(7)10(14)9-4-8(13)11(15)17-9/h1-4,10H. The molecule has 2 aromatic rings. The van der Waals surface area contributed by atoms with Crippen molar-refractivity contribution in [1.29, 1.82) is 0 Å². The van der Waals surface area contributed by atoms with Gasteiger partial charge in [-0.2, -0.15) is 0 Å². The molecule has 0 nitrogen and oxygen atoms in total. The van der Waals surface area contributed by atoms with E-state index in [9.17, 15) is 0 Å². The molecule has 0 spiro atoms. The quantitative estimate of drug-likeness (QED) is 0.249. The van der Waals surface area contributed by atoms with E-state index in [4.69, 9.17) is 0 Å². The molecule has 1 atom stereocenters. The van der Waals surface area contributed by atoms with Gasteiger partial charge in [0.05, 0.1) is 8.61 Å². The van der Waals surface area contributed by atoms with Crippen molar-refractivity contribution in [3.8, 4) is 0 Å². The maximum atomic E-state index is 3.76. The fourth-order valence-electron chi connectivity index (χ4n) is 1.35. The lowest BCUT2D eigenvalue weighted by atomic mass is 10.1. The highest BCUT2D eigenvalue weighted by Gasteiger charge is 2.17. The molecule has 90 valence electrons. The van der Waals surface area contributed by atoms with Crippen LogP contribution in [0.2, 0.25) is 0 Å². The molecule has 0 N–H and O–H groups in total. The molecule has 0 aliphatic heterocycles. The first-order valence-corrected chi connectivity index (χ1v) is 9.72. The zero-order chi connectivity index (χ0) is 12.6. The number of thiophene rings is 1. The van der Waals surface area contributed by atoms with E-state index in [1.165, 1.54) is 14.0 Å². The van der Waals surface area contributed by atoms with E-state index in [2.05, 4.69) is 111 Å². The molecule has 6 heteroatoms. The zero-order valence-corrected chi connectivity index (χ0v) is 17.5. The van der Waals surface area contributed by atoms with E-state index >= 15 is 0 Å². The van der Waals surface area contributed by atoms with Crippen LogP contribution in [0.3, 0.4) is 0 Å². The highest BCUT2D eigenvalue weighted by molar-refractivity contribution is 14.1. The van der Waals surface area contributed by atoms with E-state index in [0.717, 1.165) is 12.7 Å². The molecule has 1 aromatic carbocycles. The number of hydrogen-bond donors (Lipinski definition) is 0. The van der Waals surface area contributed by atoms with Crippen molar-refractivity contribution in [3.05, 3.63) is 51.0 Å². The van der Waals surface area contributed by atoms with Crippen LogP contribution in [0.15, 0.2) is 37.0 Å². The van der Waals surface area contributed by atoms with Crippen LogP contribution in [0, 0.1) is 3.57 Å². The van der Waals surface area contributed by atoms with Crippen LogP contribution in [-0.2, 0) is 0 Å². The molecular formula is C11H5Br4IS. The fourth-order valence-corrected chi connectivity index (χ4v) is 5.53. The summed E-state index contributed by atoms with van der Waals surface area (Å²) in [5, 5.41) is 0. The topological polar surface area (TPSA) is 0 Å². The zero-order valence-electron chi connectivity index (χ0n) is 8.18. The van der Waals surface area contributed by atoms with Crippen molar-refractivity contribution >= 4 is 97.6 Å². The predicted octanol–water partition coefficient (Wildman–Crippen LogP) is 7.12. The van der Waals surface area contributed by atoms with Crippen molar-refractivity contribution in [2.75, 3.05) is 0 Å². The van der Waals surface area contributed by atoms with Crippen LogP contribution >= 0.6 is 97.6 Å². The number of halogens is 5.